The molecule has 0 bridgehead atoms. The molecule has 28 heavy (non-hydrogen) atoms. The highest BCUT2D eigenvalue weighted by Gasteiger charge is 2.12. The van der Waals surface area contributed by atoms with Gasteiger partial charge in [-0.2, -0.15) is 9.61 Å². The van der Waals surface area contributed by atoms with Gasteiger partial charge in [-0.25, -0.2) is 4.39 Å². The van der Waals surface area contributed by atoms with Gasteiger partial charge in [0.2, 0.25) is 11.1 Å². The number of fused-ring (bicyclic) bond motifs is 1. The third kappa shape index (κ3) is 3.95. The number of carbonyl (C=O) groups is 1. The summed E-state index contributed by atoms with van der Waals surface area (Å²) in [4.78, 5) is 16.2. The lowest BCUT2D eigenvalue weighted by atomic mass is 10.2. The third-order valence-corrected chi connectivity index (χ3v) is 4.95. The fraction of sp³-hybridized carbons (Fsp3) is 0.0556. The summed E-state index contributed by atoms with van der Waals surface area (Å²) in [6.07, 6.45) is 3.40. The minimum absolute atomic E-state index is 0.00204. The minimum atomic E-state index is -0.595. The van der Waals surface area contributed by atoms with Crippen LogP contribution in [0.2, 0.25) is 5.02 Å². The van der Waals surface area contributed by atoms with Crippen molar-refractivity contribution in [3.63, 3.8) is 0 Å². The Morgan fingerprint density at radius 2 is 2.11 bits per heavy atom. The van der Waals surface area contributed by atoms with Gasteiger partial charge in [-0.1, -0.05) is 23.4 Å². The number of amides is 1. The lowest BCUT2D eigenvalue weighted by molar-refractivity contribution is -0.113. The highest BCUT2D eigenvalue weighted by molar-refractivity contribution is 7.99. The van der Waals surface area contributed by atoms with Crippen molar-refractivity contribution in [2.24, 2.45) is 0 Å². The number of nitrogens with zero attached hydrogens (tertiary/aromatic N) is 5. The largest absolute Gasteiger partial charge is 0.325 e. The second-order valence-electron chi connectivity index (χ2n) is 5.68. The van der Waals surface area contributed by atoms with Gasteiger partial charge in [0.1, 0.15) is 5.82 Å². The van der Waals surface area contributed by atoms with Crippen molar-refractivity contribution in [1.82, 2.24) is 24.8 Å². The number of pyridine rings is 1. The Labute approximate surface area is 168 Å². The maximum absolute atomic E-state index is 13.5. The zero-order valence-electron chi connectivity index (χ0n) is 14.2. The first-order valence-electron chi connectivity index (χ1n) is 8.11. The summed E-state index contributed by atoms with van der Waals surface area (Å²) in [7, 11) is 0. The SMILES string of the molecule is O=C(CSc1nnc2ccc(-c3cccnc3)nn12)Nc1ccc(Cl)c(F)c1. The summed E-state index contributed by atoms with van der Waals surface area (Å²) in [6.45, 7) is 0. The van der Waals surface area contributed by atoms with Gasteiger partial charge in [0.05, 0.1) is 16.5 Å². The third-order valence-electron chi connectivity index (χ3n) is 3.73. The summed E-state index contributed by atoms with van der Waals surface area (Å²) in [6, 6.07) is 11.4. The average Bonchev–Trinajstić information content (AvgIpc) is 3.12. The molecule has 0 spiro atoms. The molecule has 1 aromatic carbocycles. The molecule has 3 aromatic heterocycles. The number of nitrogens with one attached hydrogen (secondary N) is 1. The lowest BCUT2D eigenvalue weighted by Gasteiger charge is -2.05. The second-order valence-corrected chi connectivity index (χ2v) is 7.03. The predicted octanol–water partition coefficient (Wildman–Crippen LogP) is 3.71. The van der Waals surface area contributed by atoms with E-state index < -0.39 is 5.82 Å². The van der Waals surface area contributed by atoms with E-state index in [4.69, 9.17) is 11.6 Å². The highest BCUT2D eigenvalue weighted by atomic mass is 35.5. The molecule has 4 aromatic rings. The molecular formula is C18H12ClFN6OS. The smallest absolute Gasteiger partial charge is 0.234 e. The van der Waals surface area contributed by atoms with Crippen LogP contribution in [0.5, 0.6) is 0 Å². The quantitative estimate of drug-likeness (QED) is 0.501. The topological polar surface area (TPSA) is 85.1 Å². The van der Waals surface area contributed by atoms with Crippen LogP contribution in [-0.2, 0) is 4.79 Å². The van der Waals surface area contributed by atoms with Crippen molar-refractivity contribution in [3.05, 3.63) is 65.7 Å². The van der Waals surface area contributed by atoms with Gasteiger partial charge in [0.15, 0.2) is 5.65 Å². The molecule has 0 saturated heterocycles. The van der Waals surface area contributed by atoms with E-state index in [1.807, 2.05) is 18.2 Å². The Morgan fingerprint density at radius 1 is 1.21 bits per heavy atom. The van der Waals surface area contributed by atoms with Gasteiger partial charge in [0.25, 0.3) is 0 Å². The number of rotatable bonds is 5. The summed E-state index contributed by atoms with van der Waals surface area (Å²) < 4.78 is 15.0. The Balaban J connectivity index is 1.48. The van der Waals surface area contributed by atoms with E-state index in [-0.39, 0.29) is 16.7 Å². The van der Waals surface area contributed by atoms with Crippen LogP contribution in [0.1, 0.15) is 0 Å². The van der Waals surface area contributed by atoms with Crippen molar-refractivity contribution < 1.29 is 9.18 Å². The van der Waals surface area contributed by atoms with E-state index in [0.717, 1.165) is 5.56 Å². The normalized spacial score (nSPS) is 10.9. The number of benzene rings is 1. The van der Waals surface area contributed by atoms with Crippen LogP contribution >= 0.6 is 23.4 Å². The first-order valence-corrected chi connectivity index (χ1v) is 9.47. The number of halogens is 2. The van der Waals surface area contributed by atoms with E-state index >= 15 is 0 Å². The maximum atomic E-state index is 13.5. The van der Waals surface area contributed by atoms with Gasteiger partial charge in [-0.05, 0) is 42.5 Å². The van der Waals surface area contributed by atoms with Crippen molar-refractivity contribution >= 4 is 40.6 Å². The maximum Gasteiger partial charge on any atom is 0.234 e. The van der Waals surface area contributed by atoms with Gasteiger partial charge in [0, 0.05) is 23.6 Å². The summed E-state index contributed by atoms with van der Waals surface area (Å²) >= 11 is 6.81. The first kappa shape index (κ1) is 18.3. The Kier molecular flexibility index (Phi) is 5.18. The Morgan fingerprint density at radius 3 is 2.89 bits per heavy atom. The molecule has 0 atom stereocenters. The molecule has 140 valence electrons. The van der Waals surface area contributed by atoms with Crippen molar-refractivity contribution in [2.45, 2.75) is 5.16 Å². The average molecular weight is 415 g/mol. The second kappa shape index (κ2) is 7.91. The molecule has 1 amide bonds. The molecule has 7 nitrogen and oxygen atoms in total. The number of hydrogen-bond donors (Lipinski definition) is 1. The van der Waals surface area contributed by atoms with E-state index in [1.54, 1.807) is 23.0 Å². The van der Waals surface area contributed by atoms with Crippen molar-refractivity contribution in [1.29, 1.82) is 0 Å². The molecule has 1 N–H and O–H groups in total. The molecule has 0 aliphatic heterocycles. The van der Waals surface area contributed by atoms with E-state index in [2.05, 4.69) is 25.6 Å². The van der Waals surface area contributed by atoms with Crippen LogP contribution in [0.15, 0.2) is 60.0 Å². The van der Waals surface area contributed by atoms with Crippen LogP contribution < -0.4 is 5.32 Å². The molecule has 0 unspecified atom stereocenters. The number of anilines is 1. The molecular weight excluding hydrogens is 403 g/mol. The minimum Gasteiger partial charge on any atom is -0.325 e. The first-order chi connectivity index (χ1) is 13.6. The monoisotopic (exact) mass is 414 g/mol. The van der Waals surface area contributed by atoms with Crippen LogP contribution in [0.3, 0.4) is 0 Å². The molecule has 0 aliphatic carbocycles. The zero-order chi connectivity index (χ0) is 19.5. The van der Waals surface area contributed by atoms with E-state index in [1.165, 1.54) is 30.0 Å². The molecule has 4 rings (SSSR count). The summed E-state index contributed by atoms with van der Waals surface area (Å²) in [5, 5.41) is 15.7. The predicted molar refractivity (Wildman–Crippen MR) is 105 cm³/mol. The van der Waals surface area contributed by atoms with Crippen LogP contribution in [0.25, 0.3) is 16.9 Å². The molecule has 0 radical (unpaired) electrons. The standard InChI is InChI=1S/C18H12ClFN6OS/c19-13-4-3-12(8-14(13)20)22-17(27)10-28-18-24-23-16-6-5-15(25-26(16)18)11-2-1-7-21-9-11/h1-9H,10H2,(H,22,27). The van der Waals surface area contributed by atoms with Crippen LogP contribution in [0, 0.1) is 5.82 Å². The fourth-order valence-corrected chi connectivity index (χ4v) is 3.23. The summed E-state index contributed by atoms with van der Waals surface area (Å²) in [5.41, 5.74) is 2.46. The summed E-state index contributed by atoms with van der Waals surface area (Å²) in [5.74, 6) is -0.848. The number of carbonyl (C=O) groups excluding carboxylic acids is 1. The van der Waals surface area contributed by atoms with Crippen LogP contribution in [-0.4, -0.2) is 36.5 Å². The van der Waals surface area contributed by atoms with E-state index in [0.29, 0.717) is 22.2 Å². The molecule has 10 heteroatoms. The number of hydrogen-bond acceptors (Lipinski definition) is 6. The van der Waals surface area contributed by atoms with E-state index in [9.17, 15) is 9.18 Å². The Hall–Kier alpha value is -3.04. The van der Waals surface area contributed by atoms with Crippen molar-refractivity contribution in [2.75, 3.05) is 11.1 Å². The number of thioether (sulfide) groups is 1. The number of aromatic nitrogens is 5. The van der Waals surface area contributed by atoms with Crippen molar-refractivity contribution in [3.8, 4) is 11.3 Å². The molecule has 3 heterocycles. The molecule has 0 fully saturated rings. The molecule has 0 saturated carbocycles. The highest BCUT2D eigenvalue weighted by Crippen LogP contribution is 2.21. The Bertz CT molecular complexity index is 1150. The van der Waals surface area contributed by atoms with Crippen LogP contribution in [0.4, 0.5) is 10.1 Å². The zero-order valence-corrected chi connectivity index (χ0v) is 15.8. The fourth-order valence-electron chi connectivity index (χ4n) is 2.43. The molecule has 0 aliphatic rings. The lowest BCUT2D eigenvalue weighted by Crippen LogP contribution is -2.14. The van der Waals surface area contributed by atoms with Gasteiger partial charge >= 0.3 is 0 Å². The van der Waals surface area contributed by atoms with Gasteiger partial charge in [-0.15, -0.1) is 10.2 Å². The van der Waals surface area contributed by atoms with Gasteiger partial charge in [-0.3, -0.25) is 9.78 Å². The van der Waals surface area contributed by atoms with Gasteiger partial charge < -0.3 is 5.32 Å².